The molecule has 0 saturated heterocycles. The monoisotopic (exact) mass is 238 g/mol. The maximum atomic E-state index is 5.64. The van der Waals surface area contributed by atoms with Crippen LogP contribution >= 0.6 is 11.3 Å². The maximum Gasteiger partial charge on any atom is 0.234 e. The first-order chi connectivity index (χ1) is 7.63. The Balaban J connectivity index is 2.52. The van der Waals surface area contributed by atoms with Crippen LogP contribution in [-0.2, 0) is 6.54 Å². The summed E-state index contributed by atoms with van der Waals surface area (Å²) in [6.07, 6.45) is 0. The summed E-state index contributed by atoms with van der Waals surface area (Å²) in [5.41, 5.74) is 7.47. The van der Waals surface area contributed by atoms with Gasteiger partial charge in [-0.1, -0.05) is 30.4 Å². The summed E-state index contributed by atoms with van der Waals surface area (Å²) in [4.78, 5) is 0. The number of rotatable bonds is 3. The number of hydrogen-bond acceptors (Lipinski definition) is 6. The molecule has 2 aromatic rings. The van der Waals surface area contributed by atoms with E-state index in [9.17, 15) is 0 Å². The van der Waals surface area contributed by atoms with Crippen molar-refractivity contribution in [2.24, 2.45) is 5.73 Å². The molecule has 0 unspecified atom stereocenters. The third-order valence-electron chi connectivity index (χ3n) is 2.22. The van der Waals surface area contributed by atoms with Crippen LogP contribution in [0, 0.1) is 6.92 Å². The molecule has 86 valence electrons. The molecule has 0 aromatic carbocycles. The lowest BCUT2D eigenvalue weighted by Crippen LogP contribution is -2.07. The van der Waals surface area contributed by atoms with Crippen LogP contribution in [0.1, 0.15) is 36.2 Å². The van der Waals surface area contributed by atoms with Gasteiger partial charge in [0.2, 0.25) is 5.13 Å². The maximum absolute atomic E-state index is 5.64. The van der Waals surface area contributed by atoms with Crippen molar-refractivity contribution in [1.82, 2.24) is 25.2 Å². The molecule has 0 radical (unpaired) electrons. The second-order valence-electron chi connectivity index (χ2n) is 3.80. The van der Waals surface area contributed by atoms with Gasteiger partial charge < -0.3 is 5.73 Å². The van der Waals surface area contributed by atoms with Gasteiger partial charge in [-0.3, -0.25) is 0 Å². The molecule has 0 spiro atoms. The molecule has 0 aliphatic heterocycles. The van der Waals surface area contributed by atoms with Crippen molar-refractivity contribution in [3.63, 3.8) is 0 Å². The van der Waals surface area contributed by atoms with Gasteiger partial charge >= 0.3 is 0 Å². The lowest BCUT2D eigenvalue weighted by molar-refractivity contribution is 0.704. The average Bonchev–Trinajstić information content (AvgIpc) is 2.82. The van der Waals surface area contributed by atoms with Crippen molar-refractivity contribution in [2.45, 2.75) is 33.2 Å². The second kappa shape index (κ2) is 4.26. The van der Waals surface area contributed by atoms with E-state index >= 15 is 0 Å². The van der Waals surface area contributed by atoms with Gasteiger partial charge in [-0.15, -0.1) is 15.3 Å². The highest BCUT2D eigenvalue weighted by Crippen LogP contribution is 2.22. The minimum atomic E-state index is 0.303. The van der Waals surface area contributed by atoms with Crippen LogP contribution in [0.15, 0.2) is 0 Å². The minimum absolute atomic E-state index is 0.303. The Morgan fingerprint density at radius 1 is 1.31 bits per heavy atom. The fourth-order valence-corrected chi connectivity index (χ4v) is 2.21. The number of aromatic nitrogens is 5. The zero-order valence-corrected chi connectivity index (χ0v) is 10.3. The van der Waals surface area contributed by atoms with Crippen LogP contribution in [0.25, 0.3) is 5.13 Å². The van der Waals surface area contributed by atoms with Crippen molar-refractivity contribution in [1.29, 1.82) is 0 Å². The second-order valence-corrected chi connectivity index (χ2v) is 4.96. The van der Waals surface area contributed by atoms with Crippen molar-refractivity contribution in [2.75, 3.05) is 0 Å². The van der Waals surface area contributed by atoms with Gasteiger partial charge in [0.1, 0.15) is 10.7 Å². The number of nitrogens with zero attached hydrogens (tertiary/aromatic N) is 5. The van der Waals surface area contributed by atoms with Gasteiger partial charge in [0.05, 0.1) is 5.69 Å². The van der Waals surface area contributed by atoms with E-state index in [1.165, 1.54) is 11.3 Å². The van der Waals surface area contributed by atoms with E-state index in [0.717, 1.165) is 21.5 Å². The first-order valence-corrected chi connectivity index (χ1v) is 5.90. The van der Waals surface area contributed by atoms with Gasteiger partial charge in [0.15, 0.2) is 0 Å². The number of nitrogens with two attached hydrogens (primary N) is 1. The molecular formula is C9H14N6S. The van der Waals surface area contributed by atoms with Crippen molar-refractivity contribution in [3.8, 4) is 5.13 Å². The first-order valence-electron chi connectivity index (χ1n) is 5.08. The van der Waals surface area contributed by atoms with Crippen LogP contribution in [0.4, 0.5) is 0 Å². The smallest absolute Gasteiger partial charge is 0.234 e. The molecule has 7 heteroatoms. The Morgan fingerprint density at radius 2 is 2.06 bits per heavy atom. The highest BCUT2D eigenvalue weighted by atomic mass is 32.1. The minimum Gasteiger partial charge on any atom is -0.325 e. The summed E-state index contributed by atoms with van der Waals surface area (Å²) in [7, 11) is 0. The Labute approximate surface area is 97.5 Å². The SMILES string of the molecule is Cc1nnc(-n2nnc(CN)c2C(C)C)s1. The molecule has 16 heavy (non-hydrogen) atoms. The molecular weight excluding hydrogens is 224 g/mol. The molecule has 0 bridgehead atoms. The molecule has 0 aliphatic carbocycles. The highest BCUT2D eigenvalue weighted by Gasteiger charge is 2.18. The summed E-state index contributed by atoms with van der Waals surface area (Å²) in [6.45, 7) is 6.48. The lowest BCUT2D eigenvalue weighted by Gasteiger charge is -2.07. The van der Waals surface area contributed by atoms with Gasteiger partial charge in [0.25, 0.3) is 0 Å². The normalized spacial score (nSPS) is 11.3. The van der Waals surface area contributed by atoms with E-state index in [4.69, 9.17) is 5.73 Å². The fourth-order valence-electron chi connectivity index (χ4n) is 1.56. The van der Waals surface area contributed by atoms with E-state index in [-0.39, 0.29) is 0 Å². The molecule has 0 atom stereocenters. The highest BCUT2D eigenvalue weighted by molar-refractivity contribution is 7.13. The quantitative estimate of drug-likeness (QED) is 0.862. The van der Waals surface area contributed by atoms with Gasteiger partial charge in [-0.2, -0.15) is 4.68 Å². The summed E-state index contributed by atoms with van der Waals surface area (Å²) >= 11 is 1.49. The van der Waals surface area contributed by atoms with Gasteiger partial charge in [0, 0.05) is 6.54 Å². The van der Waals surface area contributed by atoms with E-state index < -0.39 is 0 Å². The van der Waals surface area contributed by atoms with E-state index in [0.29, 0.717) is 12.5 Å². The Kier molecular flexibility index (Phi) is 2.97. The standard InChI is InChI=1S/C9H14N6S/c1-5(2)8-7(4-10)12-14-15(8)9-13-11-6(3)16-9/h5H,4,10H2,1-3H3. The number of hydrogen-bond donors (Lipinski definition) is 1. The summed E-state index contributed by atoms with van der Waals surface area (Å²) in [5, 5.41) is 17.9. The van der Waals surface area contributed by atoms with E-state index in [1.807, 2.05) is 6.92 Å². The summed E-state index contributed by atoms with van der Waals surface area (Å²) in [5.74, 6) is 0.303. The first kappa shape index (κ1) is 11.2. The van der Waals surface area contributed by atoms with E-state index in [2.05, 4.69) is 34.4 Å². The van der Waals surface area contributed by atoms with Gasteiger partial charge in [-0.25, -0.2) is 0 Å². The van der Waals surface area contributed by atoms with Crippen LogP contribution in [-0.4, -0.2) is 25.2 Å². The predicted molar refractivity (Wildman–Crippen MR) is 61.5 cm³/mol. The Hall–Kier alpha value is -1.34. The van der Waals surface area contributed by atoms with Crippen molar-refractivity contribution in [3.05, 3.63) is 16.4 Å². The van der Waals surface area contributed by atoms with Crippen LogP contribution in [0.5, 0.6) is 0 Å². The predicted octanol–water partition coefficient (Wildman–Crippen LogP) is 1.01. The molecule has 2 aromatic heterocycles. The third-order valence-corrected chi connectivity index (χ3v) is 3.03. The van der Waals surface area contributed by atoms with Crippen molar-refractivity contribution >= 4 is 11.3 Å². The zero-order valence-electron chi connectivity index (χ0n) is 9.51. The molecule has 2 heterocycles. The van der Waals surface area contributed by atoms with Crippen LogP contribution in [0.2, 0.25) is 0 Å². The third kappa shape index (κ3) is 1.83. The molecule has 0 fully saturated rings. The Bertz CT molecular complexity index is 486. The molecule has 2 N–H and O–H groups in total. The number of aryl methyl sites for hydroxylation is 1. The average molecular weight is 238 g/mol. The van der Waals surface area contributed by atoms with E-state index in [1.54, 1.807) is 4.68 Å². The van der Waals surface area contributed by atoms with Crippen molar-refractivity contribution < 1.29 is 0 Å². The summed E-state index contributed by atoms with van der Waals surface area (Å²) < 4.78 is 1.73. The molecule has 6 nitrogen and oxygen atoms in total. The lowest BCUT2D eigenvalue weighted by atomic mass is 10.1. The molecule has 0 saturated carbocycles. The largest absolute Gasteiger partial charge is 0.325 e. The Morgan fingerprint density at radius 3 is 2.56 bits per heavy atom. The van der Waals surface area contributed by atoms with Crippen LogP contribution in [0.3, 0.4) is 0 Å². The topological polar surface area (TPSA) is 82.5 Å². The molecule has 0 amide bonds. The zero-order chi connectivity index (χ0) is 11.7. The fraction of sp³-hybridized carbons (Fsp3) is 0.556. The molecule has 2 rings (SSSR count). The summed E-state index contributed by atoms with van der Waals surface area (Å²) in [6, 6.07) is 0. The van der Waals surface area contributed by atoms with Crippen LogP contribution < -0.4 is 5.73 Å². The van der Waals surface area contributed by atoms with Gasteiger partial charge in [-0.05, 0) is 12.8 Å². The molecule has 0 aliphatic rings.